The Hall–Kier alpha value is -4.75. The molecule has 0 spiro atoms. The molecule has 1 N–H and O–H groups in total. The molecule has 45 heavy (non-hydrogen) atoms. The summed E-state index contributed by atoms with van der Waals surface area (Å²) >= 11 is 0. The summed E-state index contributed by atoms with van der Waals surface area (Å²) in [5.41, 5.74) is 4.00. The zero-order valence-electron chi connectivity index (χ0n) is 25.7. The molecule has 4 aromatic rings. The third-order valence-electron chi connectivity index (χ3n) is 7.33. The number of aromatic nitrogens is 5. The number of ether oxygens (including phenoxy) is 3. The number of morpholine rings is 2. The fourth-order valence-electron chi connectivity index (χ4n) is 5.15. The maximum atomic E-state index is 12.9. The van der Waals surface area contributed by atoms with E-state index in [0.29, 0.717) is 87.3 Å². The number of nitrogens with zero attached hydrogens (tertiary/aromatic N) is 7. The normalized spacial score (nSPS) is 15.6. The van der Waals surface area contributed by atoms with Crippen LogP contribution in [0, 0.1) is 0 Å². The Labute approximate surface area is 261 Å². The lowest BCUT2D eigenvalue weighted by Crippen LogP contribution is -2.41. The highest BCUT2D eigenvalue weighted by molar-refractivity contribution is 5.90. The number of carbonyl (C=O) groups is 2. The van der Waals surface area contributed by atoms with E-state index in [1.807, 2.05) is 41.4 Å². The van der Waals surface area contributed by atoms with Gasteiger partial charge in [-0.25, -0.2) is 24.7 Å². The van der Waals surface area contributed by atoms with E-state index in [1.54, 1.807) is 33.2 Å². The van der Waals surface area contributed by atoms with Gasteiger partial charge in [-0.3, -0.25) is 15.1 Å². The first-order chi connectivity index (χ1) is 21.7. The van der Waals surface area contributed by atoms with Gasteiger partial charge in [0, 0.05) is 50.3 Å². The van der Waals surface area contributed by atoms with Gasteiger partial charge in [-0.2, -0.15) is 0 Å². The van der Waals surface area contributed by atoms with E-state index in [1.165, 1.54) is 0 Å². The van der Waals surface area contributed by atoms with E-state index >= 15 is 0 Å². The summed E-state index contributed by atoms with van der Waals surface area (Å²) < 4.78 is 16.2. The molecule has 0 unspecified atom stereocenters. The van der Waals surface area contributed by atoms with Crippen LogP contribution < -0.4 is 10.2 Å². The van der Waals surface area contributed by atoms with Crippen LogP contribution in [0.25, 0.3) is 33.5 Å². The van der Waals surface area contributed by atoms with Crippen molar-refractivity contribution in [3.63, 3.8) is 0 Å². The minimum atomic E-state index is -0.645. The van der Waals surface area contributed by atoms with Gasteiger partial charge < -0.3 is 24.0 Å². The molecule has 2 aliphatic rings. The van der Waals surface area contributed by atoms with Gasteiger partial charge in [0.05, 0.1) is 43.9 Å². The van der Waals surface area contributed by atoms with Crippen LogP contribution >= 0.6 is 0 Å². The molecular formula is C32H36N8O5. The highest BCUT2D eigenvalue weighted by atomic mass is 16.6. The van der Waals surface area contributed by atoms with E-state index in [2.05, 4.69) is 20.2 Å². The van der Waals surface area contributed by atoms with Crippen molar-refractivity contribution in [3.8, 4) is 22.5 Å². The fourth-order valence-corrected chi connectivity index (χ4v) is 5.15. The summed E-state index contributed by atoms with van der Waals surface area (Å²) in [5.74, 6) is 1.33. The maximum absolute atomic E-state index is 12.9. The molecule has 0 aliphatic carbocycles. The largest absolute Gasteiger partial charge is 0.444 e. The number of nitrogens with one attached hydrogen (secondary N) is 1. The smallest absolute Gasteiger partial charge is 0.414 e. The van der Waals surface area contributed by atoms with E-state index in [9.17, 15) is 9.59 Å². The van der Waals surface area contributed by atoms with Crippen molar-refractivity contribution in [1.82, 2.24) is 29.8 Å². The fraction of sp³-hybridized carbons (Fsp3) is 0.406. The molecular weight excluding hydrogens is 576 g/mol. The second-order valence-corrected chi connectivity index (χ2v) is 11.9. The minimum absolute atomic E-state index is 0.0918. The number of fused-ring (bicyclic) bond motifs is 1. The highest BCUT2D eigenvalue weighted by Gasteiger charge is 2.22. The second-order valence-electron chi connectivity index (χ2n) is 11.9. The third kappa shape index (κ3) is 7.49. The average molecular weight is 613 g/mol. The van der Waals surface area contributed by atoms with Crippen LogP contribution in [0.2, 0.25) is 0 Å². The number of rotatable bonds is 6. The number of hydrogen-bond acceptors (Lipinski definition) is 11. The van der Waals surface area contributed by atoms with Crippen molar-refractivity contribution in [2.45, 2.75) is 32.8 Å². The average Bonchev–Trinajstić information content (AvgIpc) is 3.04. The molecule has 0 saturated carbocycles. The maximum Gasteiger partial charge on any atom is 0.414 e. The molecule has 3 aromatic heterocycles. The van der Waals surface area contributed by atoms with Crippen molar-refractivity contribution >= 4 is 34.8 Å². The summed E-state index contributed by atoms with van der Waals surface area (Å²) in [4.78, 5) is 52.2. The number of pyridine rings is 1. The molecule has 2 fully saturated rings. The highest BCUT2D eigenvalue weighted by Crippen LogP contribution is 2.30. The van der Waals surface area contributed by atoms with Crippen LogP contribution in [0.3, 0.4) is 0 Å². The molecule has 2 amide bonds. The number of hydrogen-bond donors (Lipinski definition) is 1. The predicted octanol–water partition coefficient (Wildman–Crippen LogP) is 3.73. The summed E-state index contributed by atoms with van der Waals surface area (Å²) in [7, 11) is 0. The number of benzene rings is 1. The molecule has 13 heteroatoms. The molecule has 1 aromatic carbocycles. The van der Waals surface area contributed by atoms with E-state index in [-0.39, 0.29) is 11.9 Å². The summed E-state index contributed by atoms with van der Waals surface area (Å²) in [6.07, 6.45) is 4.63. The second kappa shape index (κ2) is 13.1. The van der Waals surface area contributed by atoms with Crippen LogP contribution in [0.1, 0.15) is 26.3 Å². The Bertz CT molecular complexity index is 1680. The Morgan fingerprint density at radius 3 is 2.27 bits per heavy atom. The lowest BCUT2D eigenvalue weighted by Gasteiger charge is -2.28. The SMILES string of the molecule is CC(C)(C)OC(=O)Nc1ncc(-c2nc(N3CCOCC3)c3ncc(-c4cccc(CC(=O)N5CCOCC5)c4)cc3n2)cn1. The molecule has 0 bridgehead atoms. The topological polar surface area (TPSA) is 145 Å². The van der Waals surface area contributed by atoms with Gasteiger partial charge in [0.2, 0.25) is 11.9 Å². The van der Waals surface area contributed by atoms with Crippen molar-refractivity contribution in [3.05, 3.63) is 54.5 Å². The molecule has 2 aliphatic heterocycles. The van der Waals surface area contributed by atoms with Crippen molar-refractivity contribution in [1.29, 1.82) is 0 Å². The molecule has 0 atom stereocenters. The lowest BCUT2D eigenvalue weighted by atomic mass is 10.0. The Kier molecular flexibility index (Phi) is 8.80. The van der Waals surface area contributed by atoms with Gasteiger partial charge in [-0.05, 0) is 38.0 Å². The standard InChI is InChI=1S/C32H36N8O5/c1-32(2,3)45-31(42)38-30-34-19-24(20-35-30)28-36-25-17-23(18-33-27(25)29(37-28)40-9-13-44-14-10-40)22-6-4-5-21(15-22)16-26(41)39-7-11-43-12-8-39/h4-6,15,17-20H,7-14,16H2,1-3H3,(H,34,35,38,42). The first-order valence-corrected chi connectivity index (χ1v) is 15.0. The Balaban J connectivity index is 1.30. The molecule has 2 saturated heterocycles. The first kappa shape index (κ1) is 30.3. The summed E-state index contributed by atoms with van der Waals surface area (Å²) in [5, 5.41) is 2.54. The molecule has 5 heterocycles. The van der Waals surface area contributed by atoms with Crippen LogP contribution in [-0.4, -0.2) is 100 Å². The first-order valence-electron chi connectivity index (χ1n) is 15.0. The van der Waals surface area contributed by atoms with Crippen LogP contribution in [-0.2, 0) is 25.4 Å². The number of carbonyl (C=O) groups excluding carboxylic acids is 2. The van der Waals surface area contributed by atoms with Gasteiger partial charge in [0.25, 0.3) is 0 Å². The monoisotopic (exact) mass is 612 g/mol. The van der Waals surface area contributed by atoms with Crippen molar-refractivity contribution in [2.75, 3.05) is 62.8 Å². The predicted molar refractivity (Wildman–Crippen MR) is 168 cm³/mol. The van der Waals surface area contributed by atoms with E-state index < -0.39 is 11.7 Å². The zero-order chi connectivity index (χ0) is 31.4. The van der Waals surface area contributed by atoms with Gasteiger partial charge in [-0.15, -0.1) is 0 Å². The third-order valence-corrected chi connectivity index (χ3v) is 7.33. The minimum Gasteiger partial charge on any atom is -0.444 e. The quantitative estimate of drug-likeness (QED) is 0.340. The van der Waals surface area contributed by atoms with Gasteiger partial charge >= 0.3 is 6.09 Å². The van der Waals surface area contributed by atoms with E-state index in [4.69, 9.17) is 29.2 Å². The molecule has 6 rings (SSSR count). The van der Waals surface area contributed by atoms with Crippen molar-refractivity contribution in [2.24, 2.45) is 0 Å². The van der Waals surface area contributed by atoms with Crippen LogP contribution in [0.5, 0.6) is 0 Å². The Morgan fingerprint density at radius 1 is 0.867 bits per heavy atom. The van der Waals surface area contributed by atoms with Crippen molar-refractivity contribution < 1.29 is 23.8 Å². The van der Waals surface area contributed by atoms with E-state index in [0.717, 1.165) is 16.7 Å². The van der Waals surface area contributed by atoms with Crippen LogP contribution in [0.15, 0.2) is 48.9 Å². The molecule has 0 radical (unpaired) electrons. The lowest BCUT2D eigenvalue weighted by molar-refractivity contribution is -0.134. The number of anilines is 2. The summed E-state index contributed by atoms with van der Waals surface area (Å²) in [6.45, 7) is 10.2. The Morgan fingerprint density at radius 2 is 1.56 bits per heavy atom. The summed E-state index contributed by atoms with van der Waals surface area (Å²) in [6, 6.07) is 9.93. The van der Waals surface area contributed by atoms with Gasteiger partial charge in [0.15, 0.2) is 11.6 Å². The zero-order valence-corrected chi connectivity index (χ0v) is 25.7. The molecule has 234 valence electrons. The van der Waals surface area contributed by atoms with Crippen LogP contribution in [0.4, 0.5) is 16.6 Å². The molecule has 13 nitrogen and oxygen atoms in total. The number of amides is 2. The van der Waals surface area contributed by atoms with Gasteiger partial charge in [0.1, 0.15) is 11.1 Å². The van der Waals surface area contributed by atoms with Gasteiger partial charge in [-0.1, -0.05) is 24.3 Å².